The minimum absolute atomic E-state index is 0.0688. The normalized spacial score (nSPS) is 25.8. The van der Waals surface area contributed by atoms with Crippen molar-refractivity contribution in [2.24, 2.45) is 11.8 Å². The van der Waals surface area contributed by atoms with Crippen molar-refractivity contribution in [1.82, 2.24) is 19.6 Å². The second-order valence-electron chi connectivity index (χ2n) is 12.9. The summed E-state index contributed by atoms with van der Waals surface area (Å²) in [4.78, 5) is 43.4. The van der Waals surface area contributed by atoms with Gasteiger partial charge in [0.05, 0.1) is 52.2 Å². The SMILES string of the molecule is CN1CCN(CC(=O)O)CCN(CC(=O)O)CCN(CC(=O)CCCOCCOCCOC2CC3CC/C=C/CC[C@@H]3C2)CC1. The van der Waals surface area contributed by atoms with Gasteiger partial charge in [0, 0.05) is 65.4 Å². The molecule has 3 aliphatic rings. The standard InChI is InChI=1S/C33H58N4O8/c1-34-10-12-35(14-15-37(27-33(41)42)17-16-36(13-11-34)26-32(39)40)25-30(38)9-6-18-43-19-20-44-21-22-45-31-23-28-7-4-2-3-5-8-29(28)24-31/h2-3,28-29,31H,4-27H2,1H3,(H,39,40)(H,41,42)/b3-2+/t28-,29?,31?/m1/s1. The van der Waals surface area contributed by atoms with Crippen LogP contribution in [0.4, 0.5) is 0 Å². The molecular formula is C33H58N4O8. The Balaban J connectivity index is 1.25. The van der Waals surface area contributed by atoms with Crippen molar-refractivity contribution in [2.75, 3.05) is 112 Å². The van der Waals surface area contributed by atoms with E-state index in [1.165, 1.54) is 38.5 Å². The van der Waals surface area contributed by atoms with Crippen LogP contribution >= 0.6 is 0 Å². The van der Waals surface area contributed by atoms with Crippen molar-refractivity contribution in [3.05, 3.63) is 12.2 Å². The number of ketones is 1. The van der Waals surface area contributed by atoms with Crippen LogP contribution in [0, 0.1) is 11.8 Å². The van der Waals surface area contributed by atoms with E-state index in [1.54, 1.807) is 0 Å². The third-order valence-electron chi connectivity index (χ3n) is 9.25. The van der Waals surface area contributed by atoms with E-state index in [9.17, 15) is 24.6 Å². The predicted molar refractivity (Wildman–Crippen MR) is 172 cm³/mol. The monoisotopic (exact) mass is 638 g/mol. The summed E-state index contributed by atoms with van der Waals surface area (Å²) in [6.45, 7) is 7.56. The van der Waals surface area contributed by atoms with Crippen molar-refractivity contribution < 1.29 is 38.8 Å². The quantitative estimate of drug-likeness (QED) is 0.178. The summed E-state index contributed by atoms with van der Waals surface area (Å²) in [5.41, 5.74) is 0. The Bertz CT molecular complexity index is 888. The molecule has 0 aromatic carbocycles. The van der Waals surface area contributed by atoms with Gasteiger partial charge in [-0.05, 0) is 63.8 Å². The number of allylic oxidation sites excluding steroid dienone is 2. The first kappa shape index (κ1) is 37.5. The molecule has 0 bridgehead atoms. The molecule has 0 aromatic heterocycles. The highest BCUT2D eigenvalue weighted by Gasteiger charge is 2.34. The van der Waals surface area contributed by atoms with Crippen LogP contribution in [-0.4, -0.2) is 166 Å². The molecule has 0 radical (unpaired) electrons. The summed E-state index contributed by atoms with van der Waals surface area (Å²) in [6.07, 6.45) is 13.5. The van der Waals surface area contributed by atoms with Crippen LogP contribution in [0.1, 0.15) is 51.4 Å². The van der Waals surface area contributed by atoms with Gasteiger partial charge in [0.1, 0.15) is 5.78 Å². The summed E-state index contributed by atoms with van der Waals surface area (Å²) in [6, 6.07) is 0. The van der Waals surface area contributed by atoms with Crippen LogP contribution in [0.25, 0.3) is 0 Å². The number of nitrogens with zero attached hydrogens (tertiary/aromatic N) is 4. The van der Waals surface area contributed by atoms with Crippen LogP contribution in [0.2, 0.25) is 0 Å². The lowest BCUT2D eigenvalue weighted by Gasteiger charge is -2.32. The molecule has 12 nitrogen and oxygen atoms in total. The third kappa shape index (κ3) is 16.5. The average molecular weight is 639 g/mol. The smallest absolute Gasteiger partial charge is 0.317 e. The number of rotatable bonds is 17. The highest BCUT2D eigenvalue weighted by atomic mass is 16.5. The van der Waals surface area contributed by atoms with Gasteiger partial charge in [0.2, 0.25) is 0 Å². The topological polar surface area (TPSA) is 132 Å². The van der Waals surface area contributed by atoms with Crippen LogP contribution in [0.5, 0.6) is 0 Å². The summed E-state index contributed by atoms with van der Waals surface area (Å²) < 4.78 is 17.5. The Morgan fingerprint density at radius 3 is 1.67 bits per heavy atom. The van der Waals surface area contributed by atoms with E-state index in [0.717, 1.165) is 18.4 Å². The Labute approximate surface area is 269 Å². The molecule has 2 aliphatic carbocycles. The largest absolute Gasteiger partial charge is 0.480 e. The molecule has 3 atom stereocenters. The summed E-state index contributed by atoms with van der Waals surface area (Å²) >= 11 is 0. The number of carbonyl (C=O) groups is 3. The molecule has 12 heteroatoms. The van der Waals surface area contributed by atoms with Crippen molar-refractivity contribution in [3.8, 4) is 0 Å². The fourth-order valence-corrected chi connectivity index (χ4v) is 6.65. The molecule has 2 N–H and O–H groups in total. The van der Waals surface area contributed by atoms with E-state index in [0.29, 0.717) is 104 Å². The van der Waals surface area contributed by atoms with E-state index >= 15 is 0 Å². The summed E-state index contributed by atoms with van der Waals surface area (Å²) in [7, 11) is 2.00. The highest BCUT2D eigenvalue weighted by Crippen LogP contribution is 2.40. The molecule has 258 valence electrons. The van der Waals surface area contributed by atoms with E-state index in [2.05, 4.69) is 22.0 Å². The van der Waals surface area contributed by atoms with Gasteiger partial charge < -0.3 is 29.3 Å². The van der Waals surface area contributed by atoms with Gasteiger partial charge >= 0.3 is 11.9 Å². The molecule has 3 rings (SSSR count). The number of carbonyl (C=O) groups excluding carboxylic acids is 1. The number of carboxylic acid groups (broad SMARTS) is 2. The molecule has 0 amide bonds. The number of carboxylic acids is 2. The zero-order chi connectivity index (χ0) is 32.3. The number of hydrogen-bond acceptors (Lipinski definition) is 10. The minimum atomic E-state index is -0.918. The number of likely N-dealkylation sites (N-methyl/N-ethyl adjacent to an activating group) is 1. The van der Waals surface area contributed by atoms with Gasteiger partial charge in [0.15, 0.2) is 0 Å². The first-order chi connectivity index (χ1) is 21.8. The van der Waals surface area contributed by atoms with Crippen LogP contribution in [0.15, 0.2) is 12.2 Å². The number of hydrogen-bond donors (Lipinski definition) is 2. The van der Waals surface area contributed by atoms with Crippen molar-refractivity contribution in [3.63, 3.8) is 0 Å². The molecule has 45 heavy (non-hydrogen) atoms. The van der Waals surface area contributed by atoms with E-state index in [4.69, 9.17) is 14.2 Å². The maximum atomic E-state index is 12.8. The first-order valence-corrected chi connectivity index (χ1v) is 17.0. The maximum absolute atomic E-state index is 12.8. The van der Waals surface area contributed by atoms with Crippen LogP contribution in [-0.2, 0) is 28.6 Å². The summed E-state index contributed by atoms with van der Waals surface area (Å²) in [5.74, 6) is -0.0336. The number of fused-ring (bicyclic) bond motifs is 1. The van der Waals surface area contributed by atoms with Crippen LogP contribution in [0.3, 0.4) is 0 Å². The lowest BCUT2D eigenvalue weighted by atomic mass is 9.86. The van der Waals surface area contributed by atoms with Gasteiger partial charge in [-0.1, -0.05) is 12.2 Å². The molecule has 1 saturated heterocycles. The van der Waals surface area contributed by atoms with Gasteiger partial charge in [-0.15, -0.1) is 0 Å². The number of aliphatic carboxylic acids is 2. The molecule has 1 aliphatic heterocycles. The van der Waals surface area contributed by atoms with Gasteiger partial charge in [-0.3, -0.25) is 29.1 Å². The Morgan fingerprint density at radius 2 is 1.13 bits per heavy atom. The zero-order valence-corrected chi connectivity index (χ0v) is 27.5. The van der Waals surface area contributed by atoms with Gasteiger partial charge in [0.25, 0.3) is 0 Å². The lowest BCUT2D eigenvalue weighted by molar-refractivity contribution is -0.140. The molecular weight excluding hydrogens is 580 g/mol. The number of ether oxygens (including phenoxy) is 3. The molecule has 1 saturated carbocycles. The van der Waals surface area contributed by atoms with E-state index in [1.807, 2.05) is 16.8 Å². The highest BCUT2D eigenvalue weighted by molar-refractivity contribution is 5.80. The second kappa shape index (κ2) is 21.8. The molecule has 0 aromatic rings. The molecule has 2 fully saturated rings. The molecule has 1 heterocycles. The first-order valence-electron chi connectivity index (χ1n) is 17.0. The average Bonchev–Trinajstić information content (AvgIpc) is 3.35. The lowest BCUT2D eigenvalue weighted by Crippen LogP contribution is -2.47. The molecule has 2 unspecified atom stereocenters. The Hall–Kier alpha value is -1.93. The van der Waals surface area contributed by atoms with Gasteiger partial charge in [-0.25, -0.2) is 0 Å². The van der Waals surface area contributed by atoms with E-state index < -0.39 is 11.9 Å². The fraction of sp³-hybridized carbons (Fsp3) is 0.848. The van der Waals surface area contributed by atoms with Crippen molar-refractivity contribution in [2.45, 2.75) is 57.5 Å². The Morgan fingerprint density at radius 1 is 0.667 bits per heavy atom. The third-order valence-corrected chi connectivity index (χ3v) is 9.25. The Kier molecular flexibility index (Phi) is 18.2. The molecule has 0 spiro atoms. The number of Topliss-reactive ketones (excluding diaryl/α,β-unsaturated/α-hetero) is 1. The van der Waals surface area contributed by atoms with Gasteiger partial charge in [-0.2, -0.15) is 0 Å². The van der Waals surface area contributed by atoms with Crippen molar-refractivity contribution >= 4 is 17.7 Å². The summed E-state index contributed by atoms with van der Waals surface area (Å²) in [5, 5.41) is 18.6. The predicted octanol–water partition coefficient (Wildman–Crippen LogP) is 1.93. The minimum Gasteiger partial charge on any atom is -0.480 e. The van der Waals surface area contributed by atoms with Crippen LogP contribution < -0.4 is 0 Å². The zero-order valence-electron chi connectivity index (χ0n) is 27.5. The van der Waals surface area contributed by atoms with Crippen molar-refractivity contribution in [1.29, 1.82) is 0 Å². The van der Waals surface area contributed by atoms with E-state index in [-0.39, 0.29) is 18.9 Å². The fourth-order valence-electron chi connectivity index (χ4n) is 6.65. The second-order valence-corrected chi connectivity index (χ2v) is 12.9. The maximum Gasteiger partial charge on any atom is 0.317 e.